The maximum atomic E-state index is 14.4. The Bertz CT molecular complexity index is 1430. The molecule has 1 aliphatic rings. The number of rotatable bonds is 7. The Morgan fingerprint density at radius 2 is 1.71 bits per heavy atom. The average Bonchev–Trinajstić information content (AvgIpc) is 3.22. The van der Waals surface area contributed by atoms with E-state index in [0.29, 0.717) is 16.8 Å². The van der Waals surface area contributed by atoms with Gasteiger partial charge in [0.2, 0.25) is 5.95 Å². The molecule has 0 unspecified atom stereocenters. The predicted octanol–water partition coefficient (Wildman–Crippen LogP) is 6.57. The summed E-state index contributed by atoms with van der Waals surface area (Å²) in [5, 5.41) is 15.9. The van der Waals surface area contributed by atoms with Gasteiger partial charge in [-0.3, -0.25) is 5.10 Å². The number of hydrogen-bond donors (Lipinski definition) is 2. The standard InChI is InChI=1S/C29H25FN2O3/c1-35-23-13-10-21(11-14-23)27(19-3-2-4-19)28(20-8-5-18(6-9-20)7-16-26(33)34)22-12-15-25-24(17-22)29(30)32-31-25/h5-17,19H,2-4H2,1H3,(H,31,32)(H,33,34)/b16-7+,28-27?. The molecule has 5 nitrogen and oxygen atoms in total. The molecular formula is C29H25FN2O3. The number of allylic oxidation sites excluding steroid dienone is 1. The fraction of sp³-hybridized carbons (Fsp3) is 0.172. The van der Waals surface area contributed by atoms with Crippen LogP contribution in [0.3, 0.4) is 0 Å². The molecule has 0 aliphatic heterocycles. The minimum absolute atomic E-state index is 0.384. The van der Waals surface area contributed by atoms with Gasteiger partial charge in [-0.2, -0.15) is 9.49 Å². The maximum absolute atomic E-state index is 14.4. The van der Waals surface area contributed by atoms with Gasteiger partial charge >= 0.3 is 5.97 Å². The van der Waals surface area contributed by atoms with Crippen LogP contribution in [0.25, 0.3) is 28.1 Å². The van der Waals surface area contributed by atoms with E-state index in [9.17, 15) is 9.18 Å². The summed E-state index contributed by atoms with van der Waals surface area (Å²) >= 11 is 0. The summed E-state index contributed by atoms with van der Waals surface area (Å²) in [6.07, 6.45) is 6.04. The molecule has 2 N–H and O–H groups in total. The lowest BCUT2D eigenvalue weighted by atomic mass is 9.73. The number of carboxylic acid groups (broad SMARTS) is 1. The summed E-state index contributed by atoms with van der Waals surface area (Å²) in [5.41, 5.74) is 6.62. The van der Waals surface area contributed by atoms with Crippen LogP contribution in [0.5, 0.6) is 5.75 Å². The fourth-order valence-corrected chi connectivity index (χ4v) is 4.59. The predicted molar refractivity (Wildman–Crippen MR) is 135 cm³/mol. The molecule has 5 rings (SSSR count). The molecule has 0 bridgehead atoms. The van der Waals surface area contributed by atoms with E-state index in [4.69, 9.17) is 9.84 Å². The molecule has 0 amide bonds. The van der Waals surface area contributed by atoms with Crippen LogP contribution in [0.15, 0.2) is 72.8 Å². The molecule has 35 heavy (non-hydrogen) atoms. The van der Waals surface area contributed by atoms with Gasteiger partial charge in [0.1, 0.15) is 5.75 Å². The van der Waals surface area contributed by atoms with Crippen molar-refractivity contribution in [1.29, 1.82) is 0 Å². The van der Waals surface area contributed by atoms with Gasteiger partial charge in [-0.05, 0) is 82.5 Å². The Hall–Kier alpha value is -4.19. The van der Waals surface area contributed by atoms with Crippen molar-refractivity contribution in [2.45, 2.75) is 19.3 Å². The van der Waals surface area contributed by atoms with Crippen molar-refractivity contribution in [3.63, 3.8) is 0 Å². The van der Waals surface area contributed by atoms with Crippen LogP contribution in [-0.4, -0.2) is 28.4 Å². The highest BCUT2D eigenvalue weighted by atomic mass is 19.1. The Morgan fingerprint density at radius 1 is 1.03 bits per heavy atom. The zero-order valence-corrected chi connectivity index (χ0v) is 19.3. The molecule has 1 heterocycles. The van der Waals surface area contributed by atoms with Crippen molar-refractivity contribution in [1.82, 2.24) is 10.2 Å². The molecule has 1 fully saturated rings. The van der Waals surface area contributed by atoms with E-state index in [2.05, 4.69) is 22.3 Å². The Kier molecular flexibility index (Phi) is 6.19. The third kappa shape index (κ3) is 4.60. The van der Waals surface area contributed by atoms with Gasteiger partial charge in [0, 0.05) is 6.08 Å². The minimum Gasteiger partial charge on any atom is -0.497 e. The van der Waals surface area contributed by atoms with Crippen LogP contribution in [0, 0.1) is 11.9 Å². The van der Waals surface area contributed by atoms with E-state index in [1.807, 2.05) is 54.6 Å². The van der Waals surface area contributed by atoms with E-state index >= 15 is 0 Å². The van der Waals surface area contributed by atoms with E-state index in [0.717, 1.165) is 52.5 Å². The van der Waals surface area contributed by atoms with Gasteiger partial charge in [-0.25, -0.2) is 4.79 Å². The number of ether oxygens (including phenoxy) is 1. The number of nitrogens with one attached hydrogen (secondary N) is 1. The van der Waals surface area contributed by atoms with Gasteiger partial charge in [0.15, 0.2) is 0 Å². The molecule has 4 aromatic rings. The number of carboxylic acids is 1. The first-order valence-electron chi connectivity index (χ1n) is 11.6. The summed E-state index contributed by atoms with van der Waals surface area (Å²) in [5.74, 6) is -0.267. The largest absolute Gasteiger partial charge is 0.497 e. The third-order valence-electron chi connectivity index (χ3n) is 6.60. The van der Waals surface area contributed by atoms with Crippen LogP contribution in [0.4, 0.5) is 4.39 Å². The number of methoxy groups -OCH3 is 1. The smallest absolute Gasteiger partial charge is 0.328 e. The van der Waals surface area contributed by atoms with Crippen LogP contribution in [0.2, 0.25) is 0 Å². The van der Waals surface area contributed by atoms with Crippen LogP contribution in [0.1, 0.15) is 41.5 Å². The summed E-state index contributed by atoms with van der Waals surface area (Å²) in [7, 11) is 1.65. The summed E-state index contributed by atoms with van der Waals surface area (Å²) in [6, 6.07) is 21.5. The lowest BCUT2D eigenvalue weighted by Gasteiger charge is -2.31. The van der Waals surface area contributed by atoms with Crippen molar-refractivity contribution >= 4 is 34.1 Å². The Balaban J connectivity index is 1.72. The Labute approximate surface area is 202 Å². The van der Waals surface area contributed by atoms with Gasteiger partial charge in [0.25, 0.3) is 0 Å². The molecule has 1 saturated carbocycles. The van der Waals surface area contributed by atoms with Crippen molar-refractivity contribution in [3.8, 4) is 5.75 Å². The molecule has 0 atom stereocenters. The molecular weight excluding hydrogens is 443 g/mol. The first-order valence-corrected chi connectivity index (χ1v) is 11.6. The molecule has 0 saturated heterocycles. The number of hydrogen-bond acceptors (Lipinski definition) is 3. The number of aromatic nitrogens is 2. The quantitative estimate of drug-likeness (QED) is 0.238. The number of aromatic amines is 1. The second-order valence-electron chi connectivity index (χ2n) is 8.71. The second-order valence-corrected chi connectivity index (χ2v) is 8.71. The molecule has 1 aliphatic carbocycles. The van der Waals surface area contributed by atoms with Gasteiger partial charge in [-0.15, -0.1) is 0 Å². The number of aliphatic carboxylic acids is 1. The number of fused-ring (bicyclic) bond motifs is 1. The van der Waals surface area contributed by atoms with Crippen LogP contribution < -0.4 is 4.74 Å². The summed E-state index contributed by atoms with van der Waals surface area (Å²) in [6.45, 7) is 0. The van der Waals surface area contributed by atoms with Crippen molar-refractivity contribution in [3.05, 3.63) is 101 Å². The van der Waals surface area contributed by atoms with Crippen molar-refractivity contribution in [2.75, 3.05) is 7.11 Å². The SMILES string of the molecule is COc1ccc(C(=C(c2ccc(/C=C/C(=O)O)cc2)c2ccc3n[nH]c(F)c3c2)C2CCC2)cc1. The number of benzene rings is 3. The molecule has 6 heteroatoms. The normalized spacial score (nSPS) is 14.7. The van der Waals surface area contributed by atoms with E-state index in [1.54, 1.807) is 13.2 Å². The summed E-state index contributed by atoms with van der Waals surface area (Å²) in [4.78, 5) is 10.9. The fourth-order valence-electron chi connectivity index (χ4n) is 4.59. The van der Waals surface area contributed by atoms with Crippen LogP contribution in [-0.2, 0) is 4.79 Å². The molecule has 1 aromatic heterocycles. The van der Waals surface area contributed by atoms with Gasteiger partial charge in [-0.1, -0.05) is 48.9 Å². The highest BCUT2D eigenvalue weighted by molar-refractivity contribution is 6.01. The summed E-state index contributed by atoms with van der Waals surface area (Å²) < 4.78 is 19.8. The monoisotopic (exact) mass is 468 g/mol. The molecule has 176 valence electrons. The van der Waals surface area contributed by atoms with Gasteiger partial charge in [0.05, 0.1) is 18.0 Å². The first kappa shape index (κ1) is 22.6. The number of H-pyrrole nitrogens is 1. The van der Waals surface area contributed by atoms with E-state index < -0.39 is 11.9 Å². The Morgan fingerprint density at radius 3 is 2.34 bits per heavy atom. The van der Waals surface area contributed by atoms with Gasteiger partial charge < -0.3 is 9.84 Å². The topological polar surface area (TPSA) is 75.2 Å². The zero-order valence-electron chi connectivity index (χ0n) is 19.3. The zero-order chi connectivity index (χ0) is 24.4. The van der Waals surface area contributed by atoms with Crippen molar-refractivity contribution < 1.29 is 19.0 Å². The van der Waals surface area contributed by atoms with Crippen molar-refractivity contribution in [2.24, 2.45) is 5.92 Å². The second kappa shape index (κ2) is 9.58. The number of carbonyl (C=O) groups is 1. The highest BCUT2D eigenvalue weighted by Crippen LogP contribution is 2.45. The lowest BCUT2D eigenvalue weighted by molar-refractivity contribution is -0.131. The average molecular weight is 469 g/mol. The van der Waals surface area contributed by atoms with E-state index in [1.165, 1.54) is 12.0 Å². The maximum Gasteiger partial charge on any atom is 0.328 e. The molecule has 0 radical (unpaired) electrons. The highest BCUT2D eigenvalue weighted by Gasteiger charge is 2.27. The minimum atomic E-state index is -0.989. The lowest BCUT2D eigenvalue weighted by Crippen LogP contribution is -2.15. The number of halogens is 1. The molecule has 0 spiro atoms. The third-order valence-corrected chi connectivity index (χ3v) is 6.60. The van der Waals surface area contributed by atoms with Crippen LogP contribution >= 0.6 is 0 Å². The first-order chi connectivity index (χ1) is 17.0. The van der Waals surface area contributed by atoms with E-state index in [-0.39, 0.29) is 0 Å². The number of nitrogens with zero attached hydrogens (tertiary/aromatic N) is 1. The molecule has 3 aromatic carbocycles.